The molecule has 31 heavy (non-hydrogen) atoms. The van der Waals surface area contributed by atoms with Gasteiger partial charge in [-0.2, -0.15) is 21.9 Å². The molecule has 5 N–H and O–H groups in total. The first-order valence-corrected chi connectivity index (χ1v) is 11.3. The molecule has 3 aromatic carbocycles. The molecule has 1 amide bonds. The van der Waals surface area contributed by atoms with Gasteiger partial charge < -0.3 is 11.1 Å². The van der Waals surface area contributed by atoms with E-state index in [1.54, 1.807) is 12.1 Å². The molecular formula is C18H16N4O7S2. The molecule has 0 bridgehead atoms. The molecule has 0 fully saturated rings. The summed E-state index contributed by atoms with van der Waals surface area (Å²) in [6.07, 6.45) is 0. The number of nitrogens with one attached hydrogen (secondary N) is 1. The summed E-state index contributed by atoms with van der Waals surface area (Å²) in [4.78, 5) is 9.55. The molecule has 13 heteroatoms. The normalized spacial score (nSPS) is 12.4. The number of azo groups is 1. The largest absolute Gasteiger partial charge is 0.397 e. The standard InChI is InChI=1S/C18H16N4O7S2/c1-10(23)20-12-3-5-13(6-4-12)21-22-18-15(19)7-2-11-8-14(30(24,25)26)9-16(17(11)18)31(27,28)29/h2-9H,19H2,1H3,(H,20,23)(H,24,25,26)(H,27,28,29). The summed E-state index contributed by atoms with van der Waals surface area (Å²) in [5.41, 5.74) is 6.67. The first-order chi connectivity index (χ1) is 14.4. The van der Waals surface area contributed by atoms with Crippen LogP contribution in [-0.2, 0) is 25.0 Å². The van der Waals surface area contributed by atoms with Crippen molar-refractivity contribution in [2.24, 2.45) is 10.2 Å². The summed E-state index contributed by atoms with van der Waals surface area (Å²) >= 11 is 0. The molecule has 162 valence electrons. The summed E-state index contributed by atoms with van der Waals surface area (Å²) in [6.45, 7) is 1.36. The topological polar surface area (TPSA) is 189 Å². The number of nitrogens with two attached hydrogens (primary N) is 1. The van der Waals surface area contributed by atoms with Gasteiger partial charge in [-0.1, -0.05) is 6.07 Å². The molecule has 3 aromatic rings. The van der Waals surface area contributed by atoms with Gasteiger partial charge in [0.05, 0.1) is 16.3 Å². The molecule has 0 radical (unpaired) electrons. The van der Waals surface area contributed by atoms with Gasteiger partial charge in [0.1, 0.15) is 10.6 Å². The number of amides is 1. The van der Waals surface area contributed by atoms with Crippen LogP contribution in [0.5, 0.6) is 0 Å². The zero-order chi connectivity index (χ0) is 23.0. The van der Waals surface area contributed by atoms with Crippen LogP contribution in [0.25, 0.3) is 10.8 Å². The highest BCUT2D eigenvalue weighted by molar-refractivity contribution is 7.86. The number of rotatable bonds is 5. The summed E-state index contributed by atoms with van der Waals surface area (Å²) < 4.78 is 65.8. The Hall–Kier alpha value is -3.39. The zero-order valence-corrected chi connectivity index (χ0v) is 17.5. The first-order valence-electron chi connectivity index (χ1n) is 8.47. The number of nitrogen functional groups attached to an aromatic ring is 1. The second-order valence-corrected chi connectivity index (χ2v) is 9.21. The summed E-state index contributed by atoms with van der Waals surface area (Å²) in [5, 5.41) is 10.4. The SMILES string of the molecule is CC(=O)Nc1ccc(N=Nc2c(N)ccc3cc(S(=O)(=O)O)cc(S(=O)(=O)O)c23)cc1. The van der Waals surface area contributed by atoms with Crippen molar-refractivity contribution < 1.29 is 30.7 Å². The predicted octanol–water partition coefficient (Wildman–Crippen LogP) is 3.29. The van der Waals surface area contributed by atoms with Crippen LogP contribution in [0.1, 0.15) is 6.92 Å². The van der Waals surface area contributed by atoms with Crippen molar-refractivity contribution in [3.8, 4) is 0 Å². The highest BCUT2D eigenvalue weighted by Gasteiger charge is 2.23. The van der Waals surface area contributed by atoms with Crippen molar-refractivity contribution >= 4 is 59.7 Å². The average molecular weight is 464 g/mol. The fourth-order valence-electron chi connectivity index (χ4n) is 2.78. The van der Waals surface area contributed by atoms with Crippen LogP contribution in [0.15, 0.2) is 68.6 Å². The van der Waals surface area contributed by atoms with E-state index in [-0.39, 0.29) is 28.1 Å². The minimum Gasteiger partial charge on any atom is -0.397 e. The minimum atomic E-state index is -4.92. The van der Waals surface area contributed by atoms with Gasteiger partial charge in [-0.15, -0.1) is 5.11 Å². The van der Waals surface area contributed by atoms with E-state index in [2.05, 4.69) is 15.5 Å². The molecule has 0 aromatic heterocycles. The predicted molar refractivity (Wildman–Crippen MR) is 113 cm³/mol. The molecule has 0 aliphatic rings. The van der Waals surface area contributed by atoms with E-state index in [1.807, 2.05) is 0 Å². The fraction of sp³-hybridized carbons (Fsp3) is 0.0556. The third-order valence-electron chi connectivity index (χ3n) is 4.09. The van der Waals surface area contributed by atoms with Gasteiger partial charge in [-0.3, -0.25) is 13.9 Å². The van der Waals surface area contributed by atoms with Crippen molar-refractivity contribution in [2.45, 2.75) is 16.7 Å². The van der Waals surface area contributed by atoms with Gasteiger partial charge in [-0.05, 0) is 47.9 Å². The lowest BCUT2D eigenvalue weighted by Crippen LogP contribution is -2.05. The van der Waals surface area contributed by atoms with Crippen LogP contribution < -0.4 is 11.1 Å². The molecule has 0 spiro atoms. The summed E-state index contributed by atoms with van der Waals surface area (Å²) in [7, 11) is -9.68. The molecule has 3 rings (SSSR count). The number of anilines is 2. The maximum absolute atomic E-state index is 11.9. The Bertz CT molecular complexity index is 1430. The quantitative estimate of drug-likeness (QED) is 0.251. The number of fused-ring (bicyclic) bond motifs is 1. The third-order valence-corrected chi connectivity index (χ3v) is 5.80. The van der Waals surface area contributed by atoms with Crippen LogP contribution >= 0.6 is 0 Å². The lowest BCUT2D eigenvalue weighted by atomic mass is 10.1. The van der Waals surface area contributed by atoms with Gasteiger partial charge >= 0.3 is 0 Å². The molecule has 0 atom stereocenters. The zero-order valence-electron chi connectivity index (χ0n) is 15.8. The van der Waals surface area contributed by atoms with E-state index in [9.17, 15) is 30.7 Å². The lowest BCUT2D eigenvalue weighted by molar-refractivity contribution is -0.114. The van der Waals surface area contributed by atoms with Crippen molar-refractivity contribution in [1.82, 2.24) is 0 Å². The smallest absolute Gasteiger partial charge is 0.295 e. The fourth-order valence-corrected chi connectivity index (χ4v) is 4.15. The second kappa shape index (κ2) is 8.03. The van der Waals surface area contributed by atoms with Gasteiger partial charge in [0.25, 0.3) is 20.2 Å². The molecule has 0 aliphatic heterocycles. The Morgan fingerprint density at radius 3 is 2.13 bits per heavy atom. The van der Waals surface area contributed by atoms with Crippen LogP contribution in [0, 0.1) is 0 Å². The summed E-state index contributed by atoms with van der Waals surface area (Å²) in [5.74, 6) is -0.250. The second-order valence-electron chi connectivity index (χ2n) is 6.40. The van der Waals surface area contributed by atoms with Gasteiger partial charge in [-0.25, -0.2) is 0 Å². The number of nitrogens with zero attached hydrogens (tertiary/aromatic N) is 2. The third kappa shape index (κ3) is 5.03. The van der Waals surface area contributed by atoms with Gasteiger partial charge in [0.2, 0.25) is 5.91 Å². The van der Waals surface area contributed by atoms with Gasteiger partial charge in [0.15, 0.2) is 0 Å². The monoisotopic (exact) mass is 464 g/mol. The molecular weight excluding hydrogens is 448 g/mol. The van der Waals surface area contributed by atoms with Crippen LogP contribution in [0.3, 0.4) is 0 Å². The maximum Gasteiger partial charge on any atom is 0.295 e. The number of benzene rings is 3. The van der Waals surface area contributed by atoms with E-state index >= 15 is 0 Å². The Morgan fingerprint density at radius 1 is 0.935 bits per heavy atom. The maximum atomic E-state index is 11.9. The Balaban J connectivity index is 2.19. The highest BCUT2D eigenvalue weighted by atomic mass is 32.2. The molecule has 0 aliphatic carbocycles. The van der Waals surface area contributed by atoms with Crippen molar-refractivity contribution in [3.63, 3.8) is 0 Å². The van der Waals surface area contributed by atoms with Crippen LogP contribution in [0.4, 0.5) is 22.7 Å². The van der Waals surface area contributed by atoms with E-state index in [1.165, 1.54) is 31.2 Å². The first kappa shape index (κ1) is 22.3. The number of carbonyl (C=O) groups is 1. The molecule has 0 unspecified atom stereocenters. The molecule has 11 nitrogen and oxygen atoms in total. The van der Waals surface area contributed by atoms with E-state index < -0.39 is 30.0 Å². The van der Waals surface area contributed by atoms with Crippen molar-refractivity contribution in [1.29, 1.82) is 0 Å². The number of hydrogen-bond donors (Lipinski definition) is 4. The highest BCUT2D eigenvalue weighted by Crippen LogP contribution is 2.39. The molecule has 0 saturated heterocycles. The van der Waals surface area contributed by atoms with Crippen molar-refractivity contribution in [2.75, 3.05) is 11.1 Å². The Kier molecular flexibility index (Phi) is 5.78. The minimum absolute atomic E-state index is 0.00984. The van der Waals surface area contributed by atoms with E-state index in [4.69, 9.17) is 5.73 Å². The number of hydrogen-bond acceptors (Lipinski definition) is 8. The van der Waals surface area contributed by atoms with Crippen LogP contribution in [-0.4, -0.2) is 31.8 Å². The molecule has 0 heterocycles. The van der Waals surface area contributed by atoms with E-state index in [0.717, 1.165) is 6.07 Å². The van der Waals surface area contributed by atoms with Crippen molar-refractivity contribution in [3.05, 3.63) is 48.5 Å². The van der Waals surface area contributed by atoms with Crippen LogP contribution in [0.2, 0.25) is 0 Å². The lowest BCUT2D eigenvalue weighted by Gasteiger charge is -2.11. The number of carbonyl (C=O) groups excluding carboxylic acids is 1. The Labute approximate surface area is 177 Å². The summed E-state index contributed by atoms with van der Waals surface area (Å²) in [6, 6.07) is 10.5. The Morgan fingerprint density at radius 2 is 1.58 bits per heavy atom. The average Bonchev–Trinajstić information content (AvgIpc) is 2.65. The van der Waals surface area contributed by atoms with E-state index in [0.29, 0.717) is 17.4 Å². The van der Waals surface area contributed by atoms with Gasteiger partial charge in [0, 0.05) is 18.0 Å². The molecule has 0 saturated carbocycles.